The number of carbonyl (C=O) groups excluding carboxylic acids is 9. The van der Waals surface area contributed by atoms with Gasteiger partial charge in [0.2, 0.25) is 29.5 Å². The van der Waals surface area contributed by atoms with Gasteiger partial charge in [-0.2, -0.15) is 0 Å². The van der Waals surface area contributed by atoms with E-state index in [4.69, 9.17) is 101 Å². The van der Waals surface area contributed by atoms with Crippen LogP contribution >= 0.6 is 0 Å². The number of hydrogen-bond acceptors (Lipinski definition) is 48. The van der Waals surface area contributed by atoms with E-state index in [2.05, 4.69) is 37.2 Å². The van der Waals surface area contributed by atoms with Crippen LogP contribution in [0.1, 0.15) is 131 Å². The summed E-state index contributed by atoms with van der Waals surface area (Å²) in [5, 5.41) is 233. The van der Waals surface area contributed by atoms with Crippen molar-refractivity contribution in [2.24, 2.45) is 22.3 Å². The summed E-state index contributed by atoms with van der Waals surface area (Å²) >= 11 is 0. The van der Waals surface area contributed by atoms with E-state index in [1.807, 2.05) is 0 Å². The number of carboxylic acids is 1. The minimum atomic E-state index is -2.68. The molecule has 9 aliphatic heterocycles. The average molecular weight is 2040 g/mol. The first-order valence-corrected chi connectivity index (χ1v) is 46.5. The van der Waals surface area contributed by atoms with Gasteiger partial charge in [0.05, 0.1) is 67.4 Å². The zero-order valence-electron chi connectivity index (χ0n) is 81.3. The number of rotatable bonds is 37. The first-order chi connectivity index (χ1) is 65.8. The molecule has 9 heterocycles. The summed E-state index contributed by atoms with van der Waals surface area (Å²) < 4.78 is 116. The molecule has 0 saturated carbocycles. The molecule has 55 nitrogen and oxygen atoms in total. The average Bonchev–Trinajstić information content (AvgIpc) is 0.758. The second kappa shape index (κ2) is 50.2. The summed E-state index contributed by atoms with van der Waals surface area (Å²) in [5.74, 6) is -10.1. The fourth-order valence-electron chi connectivity index (χ4n) is 18.1. The quantitative estimate of drug-likeness (QED) is 0.0203. The van der Waals surface area contributed by atoms with Crippen molar-refractivity contribution in [2.75, 3.05) is 59.2 Å². The molecule has 0 aromatic heterocycles. The van der Waals surface area contributed by atoms with Gasteiger partial charge in [-0.05, 0) is 78.3 Å². The molecule has 0 aliphatic carbocycles. The lowest BCUT2D eigenvalue weighted by Crippen LogP contribution is -2.72. The lowest BCUT2D eigenvalue weighted by atomic mass is 9.78. The van der Waals surface area contributed by atoms with Gasteiger partial charge in [0.15, 0.2) is 62.3 Å². The molecule has 9 aliphatic rings. The van der Waals surface area contributed by atoms with E-state index in [0.717, 1.165) is 34.6 Å². The van der Waals surface area contributed by atoms with Crippen molar-refractivity contribution in [3.05, 3.63) is 0 Å². The summed E-state index contributed by atoms with van der Waals surface area (Å²) in [5.41, 5.74) is 6.86. The number of hydrogen-bond donors (Lipinski definition) is 25. The lowest BCUT2D eigenvalue weighted by Gasteiger charge is -2.53. The molecule has 9 rings (SSSR count). The number of nitrogens with two attached hydrogens (primary N) is 2. The van der Waals surface area contributed by atoms with Crippen LogP contribution in [0.25, 0.3) is 0 Å². The highest BCUT2D eigenvalue weighted by molar-refractivity contribution is 5.82. The number of esters is 1. The molecular weight excluding hydrogens is 1890 g/mol. The first-order valence-electron chi connectivity index (χ1n) is 46.5. The smallest absolute Gasteiger partial charge is 0.338 e. The van der Waals surface area contributed by atoms with Crippen molar-refractivity contribution in [3.63, 3.8) is 0 Å². The maximum Gasteiger partial charge on any atom is 0.338 e. The van der Waals surface area contributed by atoms with Crippen LogP contribution in [0.2, 0.25) is 0 Å². The molecular formula is C86H145N9O46-2. The number of nitrogens with one attached hydrogen (secondary N) is 7. The second-order valence-corrected chi connectivity index (χ2v) is 40.4. The van der Waals surface area contributed by atoms with Crippen LogP contribution < -0.4 is 58.9 Å². The molecule has 27 N–H and O–H groups in total. The van der Waals surface area contributed by atoms with Crippen LogP contribution in [0.15, 0.2) is 0 Å². The van der Waals surface area contributed by atoms with Crippen LogP contribution in [-0.4, -0.2) is 481 Å². The Morgan fingerprint density at radius 3 is 0.901 bits per heavy atom. The van der Waals surface area contributed by atoms with Gasteiger partial charge in [0.1, 0.15) is 190 Å². The largest absolute Gasteiger partial charge is 0.853 e. The summed E-state index contributed by atoms with van der Waals surface area (Å²) in [4.78, 5) is 123. The Bertz CT molecular complexity index is 4080. The Morgan fingerprint density at radius 1 is 0.319 bits per heavy atom. The Morgan fingerprint density at radius 2 is 0.582 bits per heavy atom. The molecule has 0 bridgehead atoms. The Balaban J connectivity index is 0.976. The summed E-state index contributed by atoms with van der Waals surface area (Å²) in [7, 11) is 0. The number of amides is 7. The van der Waals surface area contributed by atoms with Crippen LogP contribution in [-0.2, 0) is 133 Å². The van der Waals surface area contributed by atoms with Crippen LogP contribution in [0.4, 0.5) is 0 Å². The normalized spacial score (nSPS) is 41.6. The zero-order chi connectivity index (χ0) is 105. The van der Waals surface area contributed by atoms with Crippen molar-refractivity contribution in [3.8, 4) is 0 Å². The van der Waals surface area contributed by atoms with Gasteiger partial charge in [0.25, 0.3) is 11.8 Å². The Kier molecular flexibility index (Phi) is 42.1. The lowest BCUT2D eigenvalue weighted by molar-refractivity contribution is -0.420. The van der Waals surface area contributed by atoms with Crippen molar-refractivity contribution >= 4 is 53.3 Å². The molecule has 0 radical (unpaired) electrons. The number of carboxylic acid groups (broad SMARTS) is 1. The molecule has 812 valence electrons. The molecule has 141 heavy (non-hydrogen) atoms. The van der Waals surface area contributed by atoms with Crippen molar-refractivity contribution in [1.29, 1.82) is 0 Å². The molecule has 0 aromatic carbocycles. The highest BCUT2D eigenvalue weighted by Gasteiger charge is 2.64. The fraction of sp³-hybridized carbons (Fsp3) is 0.895. The number of ether oxygens (including phenoxy) is 19. The van der Waals surface area contributed by atoms with Gasteiger partial charge < -0.3 is 235 Å². The van der Waals surface area contributed by atoms with Crippen LogP contribution in [0.3, 0.4) is 0 Å². The molecule has 0 aromatic rings. The minimum Gasteiger partial charge on any atom is -0.853 e. The van der Waals surface area contributed by atoms with E-state index < -0.39 is 384 Å². The van der Waals surface area contributed by atoms with Crippen molar-refractivity contribution in [2.45, 2.75) is 417 Å². The number of aliphatic hydroxyl groups is 16. The highest BCUT2D eigenvalue weighted by atomic mass is 16.8. The predicted molar refractivity (Wildman–Crippen MR) is 462 cm³/mol. The molecule has 55 heteroatoms. The Labute approximate surface area is 811 Å². The van der Waals surface area contributed by atoms with Gasteiger partial charge in [-0.25, -0.2) is 4.79 Å². The summed E-state index contributed by atoms with van der Waals surface area (Å²) in [6.07, 6.45) is -82.9. The third kappa shape index (κ3) is 29.0. The van der Waals surface area contributed by atoms with Crippen molar-refractivity contribution in [1.82, 2.24) is 37.2 Å². The monoisotopic (exact) mass is 2040 g/mol. The number of aliphatic hydroxyl groups excluding tert-OH is 16. The van der Waals surface area contributed by atoms with Crippen molar-refractivity contribution < 1.29 is 225 Å². The molecule has 7 amide bonds. The minimum absolute atomic E-state index is 0.00389. The standard InChI is InChI=1S/C86H146N9O46/c1-29(100)91-39-57(44(105)34(24-96)124-70(39)83(6,7)8)130-79-53(114)49(110)62(66(136-79)72(118)89-22-18-20-87)134-77-42(94-32(4)103)61(47(108)36(26-98)127-77)133-82-56(117)52(113)65(141-86(15,16)17)69(139-82)75(122)123-28-38-48(109)58(40(92-30(2)101)71(125-38)84(9,10)11)129-76-41(93-31(3)102)59(45(106)35(25-97)126-76)132-81-54(115)50(111)63(68(138-81)74(120)121)135-78-43(95-33(5)104)60(46(107)37(27-99)128-78)131-80-55(116)51(112)64(140-85(12,13)14)67(137-80)73(119)90-23-19-21-88/h34-71,76-82,96,98-99,105-117H,18-28,87-88H2,1-17H3,(H,89,118)(H,90,119)(H,91,100)(H,92,101)(H,93,102)(H,94,103)(H,95,104)(H,120,121)/q-1/p-1. The maximum absolute atomic E-state index is 15.2. The fourth-order valence-corrected chi connectivity index (χ4v) is 18.1. The van der Waals surface area contributed by atoms with Gasteiger partial charge in [-0.1, -0.05) is 41.5 Å². The van der Waals surface area contributed by atoms with Gasteiger partial charge >= 0.3 is 5.97 Å². The topological polar surface area (TPSA) is 835 Å². The molecule has 45 atom stereocenters. The van der Waals surface area contributed by atoms with E-state index in [9.17, 15) is 130 Å². The SMILES string of the molecule is CC(=O)NC1C(OC2C(O)C(COC(=O)C3OC(OC4C(O)C(CO)OC(OC5C(C(=O)NCCCN)OC(OC6C(O)C(CO)OC(C(C)(C)C)C6NC(C)=O)C(O)C5O)C4NC(C)=O)C(O)C(O)C3OC(C)(C)C)OC(C(C)(C)C)C2NC(C)=O)OC(C[O-])C(O)C1OC1OC(C(=O)[O-])C(OC2OC(CO)C(O)C(OC3OC(C(=O)NCCCN)C(OC(C)(C)C)C(O)C3O)C2NC(C)=O)C(O)C1O. The van der Waals surface area contributed by atoms with E-state index >= 15 is 4.79 Å². The summed E-state index contributed by atoms with van der Waals surface area (Å²) in [6.45, 7) is 18.6. The van der Waals surface area contributed by atoms with Gasteiger partial charge in [-0.15, -0.1) is 6.61 Å². The maximum atomic E-state index is 15.2. The van der Waals surface area contributed by atoms with Gasteiger partial charge in [0, 0.05) is 47.7 Å². The molecule has 9 saturated heterocycles. The van der Waals surface area contributed by atoms with E-state index in [1.165, 1.54) is 20.8 Å². The van der Waals surface area contributed by atoms with E-state index in [-0.39, 0.29) is 39.0 Å². The predicted octanol–water partition coefficient (Wildman–Crippen LogP) is -15.5. The summed E-state index contributed by atoms with van der Waals surface area (Å²) in [6, 6.07) is -8.81. The Hall–Kier alpha value is -6.25. The molecule has 0 spiro atoms. The number of aliphatic carboxylic acids is 1. The van der Waals surface area contributed by atoms with E-state index in [0.29, 0.717) is 0 Å². The highest BCUT2D eigenvalue weighted by Crippen LogP contribution is 2.44. The van der Waals surface area contributed by atoms with Crippen LogP contribution in [0, 0.1) is 10.8 Å². The zero-order valence-corrected chi connectivity index (χ0v) is 81.3. The molecule has 45 unspecified atom stereocenters. The third-order valence-electron chi connectivity index (χ3n) is 24.6. The van der Waals surface area contributed by atoms with Gasteiger partial charge in [-0.3, -0.25) is 33.6 Å². The first kappa shape index (κ1) is 118. The number of carbonyl (C=O) groups is 9. The second-order valence-electron chi connectivity index (χ2n) is 40.4. The third-order valence-corrected chi connectivity index (χ3v) is 24.6. The van der Waals surface area contributed by atoms with E-state index in [1.54, 1.807) is 62.3 Å². The molecule has 9 fully saturated rings. The van der Waals surface area contributed by atoms with Crippen LogP contribution in [0.5, 0.6) is 0 Å².